The van der Waals surface area contributed by atoms with Gasteiger partial charge in [-0.3, -0.25) is 14.4 Å². The van der Waals surface area contributed by atoms with E-state index in [1.165, 1.54) is 0 Å². The van der Waals surface area contributed by atoms with Crippen LogP contribution < -0.4 is 9.47 Å². The van der Waals surface area contributed by atoms with Gasteiger partial charge in [0.15, 0.2) is 5.41 Å². The molecule has 2 aromatic rings. The Morgan fingerprint density at radius 1 is 1.17 bits per heavy atom. The van der Waals surface area contributed by atoms with E-state index >= 15 is 0 Å². The van der Waals surface area contributed by atoms with Crippen molar-refractivity contribution in [2.24, 2.45) is 5.41 Å². The van der Waals surface area contributed by atoms with Crippen molar-refractivity contribution in [3.8, 4) is 11.5 Å². The van der Waals surface area contributed by atoms with E-state index in [1.54, 1.807) is 25.1 Å². The topological polar surface area (TPSA) is 78.9 Å². The summed E-state index contributed by atoms with van der Waals surface area (Å²) in [5.41, 5.74) is 0.177. The maximum Gasteiger partial charge on any atom is 0.329 e. The van der Waals surface area contributed by atoms with Crippen LogP contribution in [0.3, 0.4) is 0 Å². The van der Waals surface area contributed by atoms with Crippen molar-refractivity contribution in [2.75, 3.05) is 6.61 Å². The van der Waals surface area contributed by atoms with E-state index < -0.39 is 23.3 Å². The fraction of sp³-hybridized carbons (Fsp3) is 0.348. The summed E-state index contributed by atoms with van der Waals surface area (Å²) in [7, 11) is 0. The van der Waals surface area contributed by atoms with Crippen LogP contribution in [-0.4, -0.2) is 24.3 Å². The number of rotatable bonds is 5. The molecule has 150 valence electrons. The number of esters is 2. The Bertz CT molecular complexity index is 951. The summed E-state index contributed by atoms with van der Waals surface area (Å²) in [6.07, 6.45) is 0.357. The van der Waals surface area contributed by atoms with Crippen LogP contribution in [0.2, 0.25) is 0 Å². The predicted molar refractivity (Wildman–Crippen MR) is 104 cm³/mol. The van der Waals surface area contributed by atoms with Gasteiger partial charge in [-0.05, 0) is 37.1 Å². The van der Waals surface area contributed by atoms with Crippen LogP contribution >= 0.6 is 0 Å². The molecular formula is C23H22O6. The largest absolute Gasteiger partial charge is 0.489 e. The van der Waals surface area contributed by atoms with Gasteiger partial charge >= 0.3 is 11.9 Å². The van der Waals surface area contributed by atoms with Gasteiger partial charge < -0.3 is 14.2 Å². The fourth-order valence-corrected chi connectivity index (χ4v) is 4.14. The van der Waals surface area contributed by atoms with Gasteiger partial charge in [0.25, 0.3) is 0 Å². The maximum atomic E-state index is 12.9. The predicted octanol–water partition coefficient (Wildman–Crippen LogP) is 3.57. The lowest BCUT2D eigenvalue weighted by molar-refractivity contribution is -0.173. The second-order valence-electron chi connectivity index (χ2n) is 7.35. The van der Waals surface area contributed by atoms with Crippen molar-refractivity contribution < 1.29 is 28.6 Å². The Morgan fingerprint density at radius 2 is 1.97 bits per heavy atom. The molecule has 2 aliphatic rings. The van der Waals surface area contributed by atoms with Crippen molar-refractivity contribution in [2.45, 2.75) is 38.7 Å². The monoisotopic (exact) mass is 394 g/mol. The molecule has 1 heterocycles. The quantitative estimate of drug-likeness (QED) is 0.438. The Kier molecular flexibility index (Phi) is 5.09. The molecule has 29 heavy (non-hydrogen) atoms. The van der Waals surface area contributed by atoms with Crippen molar-refractivity contribution in [3.63, 3.8) is 0 Å². The molecule has 1 aliphatic carbocycles. The third kappa shape index (κ3) is 3.39. The van der Waals surface area contributed by atoms with E-state index in [9.17, 15) is 14.4 Å². The van der Waals surface area contributed by atoms with Crippen molar-refractivity contribution in [1.29, 1.82) is 0 Å². The number of benzene rings is 2. The molecule has 0 spiro atoms. The van der Waals surface area contributed by atoms with Crippen LogP contribution in [0.25, 0.3) is 0 Å². The van der Waals surface area contributed by atoms with Crippen LogP contribution in [0.15, 0.2) is 48.5 Å². The number of ether oxygens (including phenoxy) is 3. The Balaban J connectivity index is 1.68. The number of ketones is 1. The minimum absolute atomic E-state index is 0.0196. The zero-order valence-corrected chi connectivity index (χ0v) is 16.2. The second-order valence-corrected chi connectivity index (χ2v) is 7.35. The molecule has 6 heteroatoms. The summed E-state index contributed by atoms with van der Waals surface area (Å²) in [6, 6.07) is 14.9. The Hall–Kier alpha value is -3.15. The zero-order valence-electron chi connectivity index (χ0n) is 16.2. The number of hydrogen-bond donors (Lipinski definition) is 0. The van der Waals surface area contributed by atoms with Crippen LogP contribution in [0.5, 0.6) is 11.5 Å². The van der Waals surface area contributed by atoms with Gasteiger partial charge in [-0.25, -0.2) is 0 Å². The summed E-state index contributed by atoms with van der Waals surface area (Å²) >= 11 is 0. The molecule has 0 N–H and O–H groups in total. The molecule has 0 radical (unpaired) electrons. The molecule has 2 aromatic carbocycles. The van der Waals surface area contributed by atoms with E-state index in [2.05, 4.69) is 0 Å². The lowest BCUT2D eigenvalue weighted by Gasteiger charge is -2.42. The first kappa shape index (κ1) is 19.2. The van der Waals surface area contributed by atoms with Crippen LogP contribution in [-0.2, 0) is 25.7 Å². The third-order valence-electron chi connectivity index (χ3n) is 5.64. The van der Waals surface area contributed by atoms with E-state index in [0.717, 1.165) is 5.56 Å². The molecule has 6 nitrogen and oxygen atoms in total. The van der Waals surface area contributed by atoms with Gasteiger partial charge in [0.1, 0.15) is 23.9 Å². The summed E-state index contributed by atoms with van der Waals surface area (Å²) in [6.45, 7) is 2.23. The van der Waals surface area contributed by atoms with Gasteiger partial charge in [-0.2, -0.15) is 0 Å². The van der Waals surface area contributed by atoms with Crippen LogP contribution in [0, 0.1) is 5.41 Å². The standard InChI is InChI=1S/C23H22O6/c1-2-27-21(25)23-11-10-16(24)12-19(23)18-13-17(8-9-20(18)29-22(23)26)28-14-15-6-4-3-5-7-15/h3-9,13,19H,2,10-12,14H2,1H3. The SMILES string of the molecule is CCOC(=O)C12CCC(=O)CC1c1cc(OCc3ccccc3)ccc1OC2=O. The molecule has 0 saturated heterocycles. The summed E-state index contributed by atoms with van der Waals surface area (Å²) in [5.74, 6) is -0.906. The zero-order chi connectivity index (χ0) is 20.4. The summed E-state index contributed by atoms with van der Waals surface area (Å²) in [5, 5.41) is 0. The van der Waals surface area contributed by atoms with E-state index in [1.807, 2.05) is 30.3 Å². The molecule has 0 bridgehead atoms. The highest BCUT2D eigenvalue weighted by molar-refractivity contribution is 6.05. The van der Waals surface area contributed by atoms with Crippen LogP contribution in [0.1, 0.15) is 43.2 Å². The number of Topliss-reactive ketones (excluding diaryl/α,β-unsaturated/α-hetero) is 1. The molecule has 0 amide bonds. The first-order chi connectivity index (χ1) is 14.0. The van der Waals surface area contributed by atoms with E-state index in [4.69, 9.17) is 14.2 Å². The summed E-state index contributed by atoms with van der Waals surface area (Å²) < 4.78 is 16.6. The minimum atomic E-state index is -1.48. The van der Waals surface area contributed by atoms with Gasteiger partial charge in [0.2, 0.25) is 0 Å². The molecular weight excluding hydrogens is 372 g/mol. The molecule has 1 aliphatic heterocycles. The van der Waals surface area contributed by atoms with Crippen LogP contribution in [0.4, 0.5) is 0 Å². The highest BCUT2D eigenvalue weighted by Gasteiger charge is 2.60. The van der Waals surface area contributed by atoms with E-state index in [0.29, 0.717) is 23.7 Å². The molecule has 1 saturated carbocycles. The number of carbonyl (C=O) groups excluding carboxylic acids is 3. The minimum Gasteiger partial charge on any atom is -0.489 e. The van der Waals surface area contributed by atoms with Gasteiger partial charge in [-0.1, -0.05) is 30.3 Å². The lowest BCUT2D eigenvalue weighted by atomic mass is 9.62. The first-order valence-corrected chi connectivity index (χ1v) is 9.76. The van der Waals surface area contributed by atoms with Gasteiger partial charge in [0.05, 0.1) is 6.61 Å². The maximum absolute atomic E-state index is 12.9. The highest BCUT2D eigenvalue weighted by atomic mass is 16.6. The average molecular weight is 394 g/mol. The normalized spacial score (nSPS) is 22.9. The highest BCUT2D eigenvalue weighted by Crippen LogP contribution is 2.54. The second kappa shape index (κ2) is 7.70. The molecule has 2 atom stereocenters. The Labute approximate surface area is 168 Å². The number of carbonyl (C=O) groups is 3. The van der Waals surface area contributed by atoms with Crippen molar-refractivity contribution in [1.82, 2.24) is 0 Å². The summed E-state index contributed by atoms with van der Waals surface area (Å²) in [4.78, 5) is 37.9. The first-order valence-electron chi connectivity index (χ1n) is 9.76. The van der Waals surface area contributed by atoms with Crippen molar-refractivity contribution >= 4 is 17.7 Å². The van der Waals surface area contributed by atoms with Gasteiger partial charge in [0, 0.05) is 24.3 Å². The molecule has 4 rings (SSSR count). The molecule has 2 unspecified atom stereocenters. The smallest absolute Gasteiger partial charge is 0.329 e. The number of hydrogen-bond acceptors (Lipinski definition) is 6. The molecule has 0 aromatic heterocycles. The van der Waals surface area contributed by atoms with Crippen molar-refractivity contribution in [3.05, 3.63) is 59.7 Å². The van der Waals surface area contributed by atoms with E-state index in [-0.39, 0.29) is 31.7 Å². The molecule has 1 fully saturated rings. The fourth-order valence-electron chi connectivity index (χ4n) is 4.14. The average Bonchev–Trinajstić information content (AvgIpc) is 2.73. The Morgan fingerprint density at radius 3 is 2.72 bits per heavy atom. The number of fused-ring (bicyclic) bond motifs is 3. The lowest BCUT2D eigenvalue weighted by Crippen LogP contribution is -2.53. The third-order valence-corrected chi connectivity index (χ3v) is 5.64. The van der Waals surface area contributed by atoms with Gasteiger partial charge in [-0.15, -0.1) is 0 Å².